The van der Waals surface area contributed by atoms with Crippen LogP contribution >= 0.6 is 0 Å². The van der Waals surface area contributed by atoms with Gasteiger partial charge in [0.2, 0.25) is 0 Å². The molecule has 0 saturated carbocycles. The van der Waals surface area contributed by atoms with Crippen LogP contribution in [0.5, 0.6) is 11.5 Å². The highest BCUT2D eigenvalue weighted by Gasteiger charge is 2.41. The van der Waals surface area contributed by atoms with Gasteiger partial charge in [-0.05, 0) is 117 Å². The van der Waals surface area contributed by atoms with Crippen LogP contribution in [-0.4, -0.2) is 14.6 Å². The first-order valence-electron chi connectivity index (χ1n) is 15.0. The molecule has 1 aliphatic rings. The van der Waals surface area contributed by atoms with Crippen molar-refractivity contribution in [1.82, 2.24) is 4.40 Å². The predicted molar refractivity (Wildman–Crippen MR) is 178 cm³/mol. The minimum Gasteiger partial charge on any atom is -0.508 e. The fourth-order valence-electron chi connectivity index (χ4n) is 7.85. The maximum Gasteiger partial charge on any atom is 0.125 e. The molecule has 0 aliphatic heterocycles. The van der Waals surface area contributed by atoms with Crippen LogP contribution in [0.3, 0.4) is 0 Å². The van der Waals surface area contributed by atoms with Gasteiger partial charge in [0.1, 0.15) is 11.5 Å². The van der Waals surface area contributed by atoms with Crippen LogP contribution < -0.4 is 0 Å². The Kier molecular flexibility index (Phi) is 4.50. The molecule has 9 rings (SSSR count). The number of hydrogen-bond donors (Lipinski definition) is 2. The third-order valence-corrected chi connectivity index (χ3v) is 10.1. The minimum atomic E-state index is -0.399. The number of fused-ring (bicyclic) bond motifs is 10. The van der Waals surface area contributed by atoms with Gasteiger partial charge in [-0.15, -0.1) is 0 Å². The van der Waals surface area contributed by atoms with E-state index >= 15 is 0 Å². The lowest BCUT2D eigenvalue weighted by Crippen LogP contribution is -2.22. The monoisotopic (exact) mass is 557 g/mol. The Balaban J connectivity index is 1.40. The molecule has 6 aromatic carbocycles. The summed E-state index contributed by atoms with van der Waals surface area (Å²) >= 11 is 0. The maximum absolute atomic E-state index is 11.2. The number of aromatic nitrogens is 1. The molecule has 1 unspecified atom stereocenters. The number of hydrogen-bond acceptors (Lipinski definition) is 2. The Labute approximate surface area is 249 Å². The van der Waals surface area contributed by atoms with Crippen LogP contribution in [0.15, 0.2) is 103 Å². The summed E-state index contributed by atoms with van der Waals surface area (Å²) in [6.45, 7) is 8.97. The topological polar surface area (TPSA) is 44.9 Å². The van der Waals surface area contributed by atoms with E-state index in [9.17, 15) is 10.2 Å². The molecule has 0 fully saturated rings. The van der Waals surface area contributed by atoms with E-state index in [1.165, 1.54) is 44.0 Å². The minimum absolute atomic E-state index is 0.00815. The van der Waals surface area contributed by atoms with Crippen molar-refractivity contribution in [1.29, 1.82) is 0 Å². The number of aromatic hydroxyl groups is 2. The highest BCUT2D eigenvalue weighted by molar-refractivity contribution is 6.26. The SMILES string of the molecule is CC(C)(C)c1ccc2c(c1)c1c(O)ccc3c4cc5cc6c(cc5cc4n2c31)C(C)(c1ccccc1)c1cc(O)ccc1-6. The van der Waals surface area contributed by atoms with Gasteiger partial charge in [-0.2, -0.15) is 0 Å². The van der Waals surface area contributed by atoms with Crippen LogP contribution in [-0.2, 0) is 10.8 Å². The summed E-state index contributed by atoms with van der Waals surface area (Å²) in [7, 11) is 0. The standard InChI is InChI=1S/C40H31NO2/c1-39(2,3)25-10-14-34-31(20-25)37-36(43)15-13-28-30-17-22-16-29-27-12-11-26(42)21-33(27)40(4,24-8-6-5-7-9-24)32(29)18-23(22)19-35(30)41(34)38(28)37/h5-21,42-43H,1-4H3. The van der Waals surface area contributed by atoms with E-state index in [0.717, 1.165) is 38.3 Å². The Bertz CT molecular complexity index is 2460. The summed E-state index contributed by atoms with van der Waals surface area (Å²) in [4.78, 5) is 0. The van der Waals surface area contributed by atoms with Gasteiger partial charge in [-0.1, -0.05) is 63.2 Å². The second-order valence-corrected chi connectivity index (χ2v) is 13.5. The number of phenols is 2. The molecule has 2 N–H and O–H groups in total. The largest absolute Gasteiger partial charge is 0.508 e. The maximum atomic E-state index is 11.2. The average Bonchev–Trinajstić information content (AvgIpc) is 3.58. The molecule has 0 spiro atoms. The molecule has 208 valence electrons. The van der Waals surface area contributed by atoms with Crippen molar-refractivity contribution in [2.24, 2.45) is 0 Å². The summed E-state index contributed by atoms with van der Waals surface area (Å²) < 4.78 is 2.34. The first-order valence-corrected chi connectivity index (χ1v) is 15.0. The molecular weight excluding hydrogens is 526 g/mol. The lowest BCUT2D eigenvalue weighted by atomic mass is 9.74. The summed E-state index contributed by atoms with van der Waals surface area (Å²) in [5.41, 5.74) is 10.2. The van der Waals surface area contributed by atoms with Crippen LogP contribution in [0.2, 0.25) is 0 Å². The fourth-order valence-corrected chi connectivity index (χ4v) is 7.85. The van der Waals surface area contributed by atoms with Gasteiger partial charge in [0.25, 0.3) is 0 Å². The molecule has 43 heavy (non-hydrogen) atoms. The highest BCUT2D eigenvalue weighted by Crippen LogP contribution is 2.54. The summed E-state index contributed by atoms with van der Waals surface area (Å²) in [5.74, 6) is 0.610. The first-order chi connectivity index (χ1) is 20.6. The normalized spacial score (nSPS) is 16.7. The number of nitrogens with zero attached hydrogens (tertiary/aromatic N) is 1. The summed E-state index contributed by atoms with van der Waals surface area (Å²) in [5, 5.41) is 28.4. The van der Waals surface area contributed by atoms with Gasteiger partial charge in [0.05, 0.1) is 21.9 Å². The fraction of sp³-hybridized carbons (Fsp3) is 0.150. The molecule has 3 nitrogen and oxygen atoms in total. The molecule has 2 aromatic heterocycles. The molecule has 1 aliphatic carbocycles. The zero-order valence-corrected chi connectivity index (χ0v) is 24.7. The molecule has 2 heterocycles. The zero-order valence-electron chi connectivity index (χ0n) is 24.7. The van der Waals surface area contributed by atoms with E-state index < -0.39 is 5.41 Å². The smallest absolute Gasteiger partial charge is 0.125 e. The molecule has 8 aromatic rings. The highest BCUT2D eigenvalue weighted by atomic mass is 16.3. The van der Waals surface area contributed by atoms with Crippen molar-refractivity contribution < 1.29 is 10.2 Å². The quantitative estimate of drug-likeness (QED) is 0.211. The summed E-state index contributed by atoms with van der Waals surface area (Å²) in [6, 6.07) is 36.3. The van der Waals surface area contributed by atoms with Crippen LogP contribution in [0, 0.1) is 0 Å². The van der Waals surface area contributed by atoms with E-state index in [1.807, 2.05) is 12.1 Å². The predicted octanol–water partition coefficient (Wildman–Crippen LogP) is 10.0. The van der Waals surface area contributed by atoms with Gasteiger partial charge < -0.3 is 14.6 Å². The number of phenolic OH excluding ortho intramolecular Hbond substituents is 2. The first kappa shape index (κ1) is 24.6. The molecular formula is C40H31NO2. The Morgan fingerprint density at radius 1 is 0.628 bits per heavy atom. The molecule has 0 radical (unpaired) electrons. The number of rotatable bonds is 1. The summed E-state index contributed by atoms with van der Waals surface area (Å²) in [6.07, 6.45) is 0. The Morgan fingerprint density at radius 2 is 1.40 bits per heavy atom. The average molecular weight is 558 g/mol. The van der Waals surface area contributed by atoms with E-state index in [0.29, 0.717) is 5.75 Å². The Morgan fingerprint density at radius 3 is 2.19 bits per heavy atom. The van der Waals surface area contributed by atoms with Crippen LogP contribution in [0.25, 0.3) is 60.0 Å². The second-order valence-electron chi connectivity index (χ2n) is 13.5. The van der Waals surface area contributed by atoms with Crippen LogP contribution in [0.4, 0.5) is 0 Å². The van der Waals surface area contributed by atoms with Crippen LogP contribution in [0.1, 0.15) is 49.9 Å². The van der Waals surface area contributed by atoms with E-state index in [1.54, 1.807) is 6.07 Å². The lowest BCUT2D eigenvalue weighted by molar-refractivity contribution is 0.473. The van der Waals surface area contributed by atoms with Crippen molar-refractivity contribution in [2.45, 2.75) is 38.5 Å². The third kappa shape index (κ3) is 3.04. The van der Waals surface area contributed by atoms with Crippen molar-refractivity contribution in [3.63, 3.8) is 0 Å². The van der Waals surface area contributed by atoms with Gasteiger partial charge in [-0.3, -0.25) is 0 Å². The van der Waals surface area contributed by atoms with Gasteiger partial charge in [0, 0.05) is 21.6 Å². The van der Waals surface area contributed by atoms with E-state index in [2.05, 4.69) is 117 Å². The molecule has 3 heteroatoms. The zero-order chi connectivity index (χ0) is 29.4. The Hall–Kier alpha value is -5.02. The van der Waals surface area contributed by atoms with Gasteiger partial charge in [0.15, 0.2) is 0 Å². The molecule has 0 amide bonds. The van der Waals surface area contributed by atoms with E-state index in [4.69, 9.17) is 0 Å². The lowest BCUT2D eigenvalue weighted by Gasteiger charge is -2.28. The number of benzene rings is 6. The molecule has 0 bridgehead atoms. The molecule has 0 saturated heterocycles. The van der Waals surface area contributed by atoms with Crippen molar-refractivity contribution in [3.05, 3.63) is 125 Å². The van der Waals surface area contributed by atoms with Gasteiger partial charge in [-0.25, -0.2) is 0 Å². The van der Waals surface area contributed by atoms with Crippen molar-refractivity contribution in [2.75, 3.05) is 0 Å². The third-order valence-electron chi connectivity index (χ3n) is 10.1. The van der Waals surface area contributed by atoms with Gasteiger partial charge >= 0.3 is 0 Å². The van der Waals surface area contributed by atoms with Crippen molar-refractivity contribution in [3.8, 4) is 22.6 Å². The molecule has 1 atom stereocenters. The van der Waals surface area contributed by atoms with Crippen molar-refractivity contribution >= 4 is 48.9 Å². The second kappa shape index (κ2) is 7.87. The van der Waals surface area contributed by atoms with E-state index in [-0.39, 0.29) is 11.2 Å².